The fourth-order valence-electron chi connectivity index (χ4n) is 3.00. The van der Waals surface area contributed by atoms with Crippen LogP contribution in [0.3, 0.4) is 0 Å². The number of amides is 1. The molecule has 0 aromatic rings. The lowest BCUT2D eigenvalue weighted by Crippen LogP contribution is -2.49. The Balaban J connectivity index is 0.00000200. The van der Waals surface area contributed by atoms with Crippen molar-refractivity contribution in [2.45, 2.75) is 50.0 Å². The summed E-state index contributed by atoms with van der Waals surface area (Å²) in [4.78, 5) is 13.3. The smallest absolute Gasteiger partial charge is 0.346 e. The standard InChI is InChI=1S/C12H20F3N3O.ClH/c1-18(6-11(19)16-7-12(13,14)15)10-4-8-2-3-9(5-10)17-8;/h8-10,17H,2-7H2,1H3,(H,16,19);1H. The molecule has 0 aromatic heterocycles. The molecule has 2 rings (SSSR count). The first kappa shape index (κ1) is 17.5. The Morgan fingerprint density at radius 1 is 1.30 bits per heavy atom. The van der Waals surface area contributed by atoms with Crippen molar-refractivity contribution in [3.63, 3.8) is 0 Å². The number of nitrogens with one attached hydrogen (secondary N) is 2. The minimum Gasteiger partial charge on any atom is -0.346 e. The Morgan fingerprint density at radius 3 is 2.35 bits per heavy atom. The molecule has 2 unspecified atom stereocenters. The third-order valence-electron chi connectivity index (χ3n) is 3.95. The summed E-state index contributed by atoms with van der Waals surface area (Å²) >= 11 is 0. The highest BCUT2D eigenvalue weighted by atomic mass is 35.5. The maximum Gasteiger partial charge on any atom is 0.405 e. The van der Waals surface area contributed by atoms with E-state index in [1.165, 1.54) is 0 Å². The number of piperidine rings is 1. The minimum absolute atomic E-state index is 0. The van der Waals surface area contributed by atoms with Gasteiger partial charge in [-0.2, -0.15) is 13.2 Å². The number of hydrogen-bond donors (Lipinski definition) is 2. The molecule has 0 aromatic carbocycles. The summed E-state index contributed by atoms with van der Waals surface area (Å²) in [6.07, 6.45) is -0.0776. The summed E-state index contributed by atoms with van der Waals surface area (Å²) in [7, 11) is 1.81. The molecule has 1 amide bonds. The average molecular weight is 316 g/mol. The van der Waals surface area contributed by atoms with Gasteiger partial charge in [-0.1, -0.05) is 0 Å². The van der Waals surface area contributed by atoms with Crippen molar-refractivity contribution in [1.82, 2.24) is 15.5 Å². The van der Waals surface area contributed by atoms with E-state index in [1.54, 1.807) is 0 Å². The molecule has 2 heterocycles. The number of likely N-dealkylation sites (N-methyl/N-ethyl adjacent to an activating group) is 1. The number of fused-ring (bicyclic) bond motifs is 2. The Bertz CT molecular complexity index is 328. The molecule has 8 heteroatoms. The Kier molecular flexibility index (Phi) is 6.09. The number of rotatable bonds is 4. The number of alkyl halides is 3. The van der Waals surface area contributed by atoms with Gasteiger partial charge >= 0.3 is 6.18 Å². The zero-order chi connectivity index (χ0) is 14.0. The number of carbonyl (C=O) groups is 1. The summed E-state index contributed by atoms with van der Waals surface area (Å²) in [5.74, 6) is -0.564. The molecule has 2 aliphatic heterocycles. The van der Waals surface area contributed by atoms with Crippen molar-refractivity contribution in [1.29, 1.82) is 0 Å². The van der Waals surface area contributed by atoms with Crippen LogP contribution in [0.1, 0.15) is 25.7 Å². The molecule has 118 valence electrons. The van der Waals surface area contributed by atoms with E-state index in [-0.39, 0.29) is 25.0 Å². The highest BCUT2D eigenvalue weighted by Gasteiger charge is 2.35. The monoisotopic (exact) mass is 315 g/mol. The molecule has 4 nitrogen and oxygen atoms in total. The number of halogens is 4. The largest absolute Gasteiger partial charge is 0.405 e. The predicted octanol–water partition coefficient (Wildman–Crippen LogP) is 1.30. The van der Waals surface area contributed by atoms with E-state index in [0.717, 1.165) is 25.7 Å². The predicted molar refractivity (Wildman–Crippen MR) is 71.9 cm³/mol. The van der Waals surface area contributed by atoms with Crippen LogP contribution in [0.15, 0.2) is 0 Å². The molecule has 2 bridgehead atoms. The van der Waals surface area contributed by atoms with Gasteiger partial charge in [0.2, 0.25) is 5.91 Å². The lowest BCUT2D eigenvalue weighted by atomic mass is 9.98. The third kappa shape index (κ3) is 5.10. The van der Waals surface area contributed by atoms with Gasteiger partial charge in [0.1, 0.15) is 6.54 Å². The van der Waals surface area contributed by atoms with Gasteiger partial charge in [-0.05, 0) is 32.7 Å². The van der Waals surface area contributed by atoms with Crippen LogP contribution >= 0.6 is 12.4 Å². The third-order valence-corrected chi connectivity index (χ3v) is 3.95. The van der Waals surface area contributed by atoms with Crippen LogP contribution in [0.25, 0.3) is 0 Å². The summed E-state index contributed by atoms with van der Waals surface area (Å²) in [6.45, 7) is -1.22. The van der Waals surface area contributed by atoms with Gasteiger partial charge in [0, 0.05) is 18.1 Å². The van der Waals surface area contributed by atoms with E-state index >= 15 is 0 Å². The van der Waals surface area contributed by atoms with E-state index in [2.05, 4.69) is 5.32 Å². The second kappa shape index (κ2) is 6.95. The molecule has 2 atom stereocenters. The molecule has 2 N–H and O–H groups in total. The van der Waals surface area contributed by atoms with Gasteiger partial charge in [-0.25, -0.2) is 0 Å². The summed E-state index contributed by atoms with van der Waals surface area (Å²) in [5, 5.41) is 5.41. The van der Waals surface area contributed by atoms with Crippen molar-refractivity contribution in [3.05, 3.63) is 0 Å². The van der Waals surface area contributed by atoms with E-state index in [1.807, 2.05) is 17.3 Å². The van der Waals surface area contributed by atoms with Crippen LogP contribution in [0.5, 0.6) is 0 Å². The Morgan fingerprint density at radius 2 is 1.85 bits per heavy atom. The zero-order valence-corrected chi connectivity index (χ0v) is 12.2. The second-order valence-corrected chi connectivity index (χ2v) is 5.57. The molecule has 2 fully saturated rings. The highest BCUT2D eigenvalue weighted by Crippen LogP contribution is 2.29. The molecular formula is C12H21ClF3N3O. The van der Waals surface area contributed by atoms with Crippen LogP contribution < -0.4 is 10.6 Å². The van der Waals surface area contributed by atoms with E-state index < -0.39 is 18.6 Å². The molecule has 2 saturated heterocycles. The fourth-order valence-corrected chi connectivity index (χ4v) is 3.00. The van der Waals surface area contributed by atoms with Crippen LogP contribution in [0, 0.1) is 0 Å². The molecular weight excluding hydrogens is 295 g/mol. The van der Waals surface area contributed by atoms with Gasteiger partial charge in [-0.15, -0.1) is 12.4 Å². The number of hydrogen-bond acceptors (Lipinski definition) is 3. The average Bonchev–Trinajstić information content (AvgIpc) is 2.64. The van der Waals surface area contributed by atoms with Crippen molar-refractivity contribution in [2.75, 3.05) is 20.1 Å². The van der Waals surface area contributed by atoms with E-state index in [0.29, 0.717) is 12.1 Å². The van der Waals surface area contributed by atoms with Gasteiger partial charge in [0.15, 0.2) is 0 Å². The quantitative estimate of drug-likeness (QED) is 0.822. The normalized spacial score (nSPS) is 29.1. The minimum atomic E-state index is -4.35. The maximum absolute atomic E-state index is 12.0. The van der Waals surface area contributed by atoms with Crippen LogP contribution in [-0.4, -0.2) is 55.2 Å². The topological polar surface area (TPSA) is 44.4 Å². The first-order valence-electron chi connectivity index (χ1n) is 6.63. The Hall–Kier alpha value is -0.530. The molecule has 2 aliphatic rings. The van der Waals surface area contributed by atoms with E-state index in [4.69, 9.17) is 0 Å². The SMILES string of the molecule is CN(CC(=O)NCC(F)(F)F)C1CC2CCC(C1)N2.Cl. The second-order valence-electron chi connectivity index (χ2n) is 5.57. The molecule has 0 aliphatic carbocycles. The first-order valence-corrected chi connectivity index (χ1v) is 6.63. The summed E-state index contributed by atoms with van der Waals surface area (Å²) in [5.41, 5.74) is 0. The van der Waals surface area contributed by atoms with Crippen LogP contribution in [0.4, 0.5) is 13.2 Å². The highest BCUT2D eigenvalue weighted by molar-refractivity contribution is 5.85. The van der Waals surface area contributed by atoms with Crippen LogP contribution in [-0.2, 0) is 4.79 Å². The fraction of sp³-hybridized carbons (Fsp3) is 0.917. The van der Waals surface area contributed by atoms with Crippen molar-refractivity contribution >= 4 is 18.3 Å². The molecule has 20 heavy (non-hydrogen) atoms. The lowest BCUT2D eigenvalue weighted by molar-refractivity contribution is -0.139. The number of carbonyl (C=O) groups excluding carboxylic acids is 1. The van der Waals surface area contributed by atoms with Gasteiger partial charge in [0.25, 0.3) is 0 Å². The summed E-state index contributed by atoms with van der Waals surface area (Å²) < 4.78 is 35.9. The molecule has 0 spiro atoms. The molecule has 0 saturated carbocycles. The number of nitrogens with zero attached hydrogens (tertiary/aromatic N) is 1. The van der Waals surface area contributed by atoms with Gasteiger partial charge in [0.05, 0.1) is 6.54 Å². The Labute approximate surface area is 122 Å². The van der Waals surface area contributed by atoms with Crippen molar-refractivity contribution in [3.8, 4) is 0 Å². The van der Waals surface area contributed by atoms with Crippen molar-refractivity contribution in [2.24, 2.45) is 0 Å². The summed E-state index contributed by atoms with van der Waals surface area (Å²) in [6, 6.07) is 1.30. The van der Waals surface area contributed by atoms with Crippen molar-refractivity contribution < 1.29 is 18.0 Å². The maximum atomic E-state index is 12.0. The van der Waals surface area contributed by atoms with Crippen LogP contribution in [0.2, 0.25) is 0 Å². The molecule has 0 radical (unpaired) electrons. The zero-order valence-electron chi connectivity index (χ0n) is 11.4. The first-order chi connectivity index (χ1) is 8.83. The van der Waals surface area contributed by atoms with Gasteiger partial charge < -0.3 is 10.6 Å². The van der Waals surface area contributed by atoms with E-state index in [9.17, 15) is 18.0 Å². The lowest BCUT2D eigenvalue weighted by Gasteiger charge is -2.35. The van der Waals surface area contributed by atoms with Gasteiger partial charge in [-0.3, -0.25) is 9.69 Å².